The van der Waals surface area contributed by atoms with Gasteiger partial charge in [0.05, 0.1) is 16.9 Å². The number of anilines is 2. The van der Waals surface area contributed by atoms with Gasteiger partial charge in [0.1, 0.15) is 11.9 Å². The first-order chi connectivity index (χ1) is 13.4. The molecule has 2 aliphatic heterocycles. The van der Waals surface area contributed by atoms with Gasteiger partial charge in [-0.2, -0.15) is 0 Å². The summed E-state index contributed by atoms with van der Waals surface area (Å²) in [4.78, 5) is 39.1. The van der Waals surface area contributed by atoms with Crippen LogP contribution in [0.5, 0.6) is 0 Å². The van der Waals surface area contributed by atoms with Crippen LogP contribution in [0.2, 0.25) is 0 Å². The van der Waals surface area contributed by atoms with Gasteiger partial charge >= 0.3 is 5.97 Å². The average Bonchev–Trinajstić information content (AvgIpc) is 3.18. The smallest absolute Gasteiger partial charge is 0.338 e. The predicted octanol–water partition coefficient (Wildman–Crippen LogP) is 3.17. The number of halogens is 1. The van der Waals surface area contributed by atoms with Crippen molar-refractivity contribution >= 4 is 29.0 Å². The predicted molar refractivity (Wildman–Crippen MR) is 101 cm³/mol. The van der Waals surface area contributed by atoms with Gasteiger partial charge in [-0.3, -0.25) is 9.59 Å². The van der Waals surface area contributed by atoms with E-state index in [-0.39, 0.29) is 23.1 Å². The Hall–Kier alpha value is -3.22. The molecule has 144 valence electrons. The van der Waals surface area contributed by atoms with E-state index in [0.29, 0.717) is 5.69 Å². The monoisotopic (exact) mass is 382 g/mol. The fraction of sp³-hybridized carbons (Fsp3) is 0.286. The van der Waals surface area contributed by atoms with Crippen molar-refractivity contribution in [2.75, 3.05) is 16.8 Å². The minimum atomic E-state index is -1.02. The summed E-state index contributed by atoms with van der Waals surface area (Å²) in [6.07, 6.45) is 0.745. The molecule has 0 saturated carbocycles. The molecule has 2 atom stereocenters. The van der Waals surface area contributed by atoms with Gasteiger partial charge in [0, 0.05) is 12.1 Å². The molecule has 7 heteroatoms. The van der Waals surface area contributed by atoms with Crippen LogP contribution in [0.25, 0.3) is 0 Å². The Bertz CT molecular complexity index is 957. The molecule has 1 fully saturated rings. The highest BCUT2D eigenvalue weighted by Gasteiger charge is 2.36. The van der Waals surface area contributed by atoms with Gasteiger partial charge in [-0.1, -0.05) is 0 Å². The third-order valence-corrected chi connectivity index (χ3v) is 5.14. The van der Waals surface area contributed by atoms with Gasteiger partial charge in [-0.25, -0.2) is 9.18 Å². The molecular weight excluding hydrogens is 363 g/mol. The van der Waals surface area contributed by atoms with Crippen LogP contribution in [-0.4, -0.2) is 36.4 Å². The first-order valence-corrected chi connectivity index (χ1v) is 9.16. The maximum absolute atomic E-state index is 13.0. The Labute approximate surface area is 161 Å². The molecule has 28 heavy (non-hydrogen) atoms. The van der Waals surface area contributed by atoms with Crippen molar-refractivity contribution in [3.8, 4) is 0 Å². The molecule has 4 rings (SSSR count). The summed E-state index contributed by atoms with van der Waals surface area (Å²) < 4.78 is 18.3. The third kappa shape index (κ3) is 3.24. The molecule has 0 aliphatic carbocycles. The van der Waals surface area contributed by atoms with E-state index < -0.39 is 23.7 Å². The highest BCUT2D eigenvalue weighted by molar-refractivity contribution is 6.06. The molecule has 2 aromatic rings. The Balaban J connectivity index is 1.49. The molecule has 0 aromatic heterocycles. The molecule has 2 aliphatic rings. The van der Waals surface area contributed by atoms with E-state index in [2.05, 4.69) is 5.32 Å². The van der Waals surface area contributed by atoms with Crippen LogP contribution >= 0.6 is 0 Å². The van der Waals surface area contributed by atoms with Gasteiger partial charge < -0.3 is 15.0 Å². The van der Waals surface area contributed by atoms with Crippen LogP contribution in [0.3, 0.4) is 0 Å². The maximum atomic E-state index is 13.0. The second kappa shape index (κ2) is 7.07. The Kier molecular flexibility index (Phi) is 4.58. The maximum Gasteiger partial charge on any atom is 0.338 e. The van der Waals surface area contributed by atoms with E-state index in [1.54, 1.807) is 18.2 Å². The number of ketones is 1. The summed E-state index contributed by atoms with van der Waals surface area (Å²) in [5.41, 5.74) is 1.96. The molecule has 0 spiro atoms. The molecule has 1 N–H and O–H groups in total. The van der Waals surface area contributed by atoms with E-state index in [4.69, 9.17) is 4.74 Å². The molecule has 2 heterocycles. The first-order valence-electron chi connectivity index (χ1n) is 9.16. The molecule has 6 nitrogen and oxygen atoms in total. The highest BCUT2D eigenvalue weighted by Crippen LogP contribution is 2.37. The highest BCUT2D eigenvalue weighted by atomic mass is 19.1. The molecule has 0 bridgehead atoms. The lowest BCUT2D eigenvalue weighted by Crippen LogP contribution is -2.43. The second-order valence-electron chi connectivity index (χ2n) is 6.99. The quantitative estimate of drug-likeness (QED) is 0.649. The molecule has 0 radical (unpaired) electrons. The number of hydrogen-bond donors (Lipinski definition) is 1. The summed E-state index contributed by atoms with van der Waals surface area (Å²) >= 11 is 0. The third-order valence-electron chi connectivity index (χ3n) is 5.14. The van der Waals surface area contributed by atoms with Crippen LogP contribution in [0, 0.1) is 5.82 Å². The van der Waals surface area contributed by atoms with Crippen LogP contribution in [0.15, 0.2) is 42.5 Å². The number of nitrogens with one attached hydrogen (secondary N) is 1. The van der Waals surface area contributed by atoms with E-state index in [0.717, 1.165) is 25.1 Å². The number of benzene rings is 2. The summed E-state index contributed by atoms with van der Waals surface area (Å²) in [5, 5.41) is 2.84. The number of Topliss-reactive ketones (excluding diaryl/α,β-unsaturated/α-hetero) is 1. The van der Waals surface area contributed by atoms with Crippen molar-refractivity contribution in [1.82, 2.24) is 0 Å². The first kappa shape index (κ1) is 18.2. The number of amides is 1. The number of carbonyl (C=O) groups is 3. The van der Waals surface area contributed by atoms with Gasteiger partial charge in [-0.05, 0) is 62.2 Å². The number of fused-ring (bicyclic) bond motifs is 3. The number of ether oxygens (including phenoxy) is 1. The van der Waals surface area contributed by atoms with Crippen molar-refractivity contribution in [3.05, 3.63) is 59.4 Å². The van der Waals surface area contributed by atoms with Crippen molar-refractivity contribution in [1.29, 1.82) is 0 Å². The normalized spacial score (nSPS) is 18.7. The lowest BCUT2D eigenvalue weighted by Gasteiger charge is -2.33. The van der Waals surface area contributed by atoms with Crippen molar-refractivity contribution in [2.24, 2.45) is 0 Å². The number of esters is 1. The lowest BCUT2D eigenvalue weighted by atomic mass is 10.1. The summed E-state index contributed by atoms with van der Waals surface area (Å²) in [6, 6.07) is 9.89. The van der Waals surface area contributed by atoms with E-state index >= 15 is 0 Å². The van der Waals surface area contributed by atoms with E-state index in [9.17, 15) is 18.8 Å². The zero-order valence-corrected chi connectivity index (χ0v) is 15.3. The van der Waals surface area contributed by atoms with Crippen molar-refractivity contribution in [3.63, 3.8) is 0 Å². The minimum Gasteiger partial charge on any atom is -0.451 e. The zero-order chi connectivity index (χ0) is 19.8. The van der Waals surface area contributed by atoms with Crippen LogP contribution in [-0.2, 0) is 9.53 Å². The number of rotatable bonds is 4. The van der Waals surface area contributed by atoms with Crippen LogP contribution < -0.4 is 10.2 Å². The Morgan fingerprint density at radius 3 is 2.64 bits per heavy atom. The standard InChI is InChI=1S/C21H19FN2O4/c1-12(19(25)13-4-7-15(22)8-5-13)28-21(27)14-6-9-17-16(11-14)23-20(26)18-3-2-10-24(17)18/h4-9,11-12,18H,2-3,10H2,1H3,(H,23,26)/t12-,18-/m0/s1. The largest absolute Gasteiger partial charge is 0.451 e. The second-order valence-corrected chi connectivity index (χ2v) is 6.99. The fourth-order valence-electron chi connectivity index (χ4n) is 3.69. The lowest BCUT2D eigenvalue weighted by molar-refractivity contribution is -0.117. The molecule has 1 saturated heterocycles. The molecule has 0 unspecified atom stereocenters. The topological polar surface area (TPSA) is 75.7 Å². The molecular formula is C21H19FN2O4. The van der Waals surface area contributed by atoms with Crippen molar-refractivity contribution < 1.29 is 23.5 Å². The number of hydrogen-bond acceptors (Lipinski definition) is 5. The van der Waals surface area contributed by atoms with E-state index in [1.807, 2.05) is 4.90 Å². The summed E-state index contributed by atoms with van der Waals surface area (Å²) in [6.45, 7) is 2.27. The van der Waals surface area contributed by atoms with Crippen LogP contribution in [0.4, 0.5) is 15.8 Å². The molecule has 1 amide bonds. The minimum absolute atomic E-state index is 0.0737. The molecule has 2 aromatic carbocycles. The van der Waals surface area contributed by atoms with Gasteiger partial charge in [0.15, 0.2) is 6.10 Å². The summed E-state index contributed by atoms with van der Waals surface area (Å²) in [7, 11) is 0. The Morgan fingerprint density at radius 2 is 1.89 bits per heavy atom. The Morgan fingerprint density at radius 1 is 1.18 bits per heavy atom. The SMILES string of the molecule is C[C@H](OC(=O)c1ccc2c(c1)NC(=O)[C@@H]1CCCN21)C(=O)c1ccc(F)cc1. The van der Waals surface area contributed by atoms with Gasteiger partial charge in [0.25, 0.3) is 0 Å². The fourth-order valence-corrected chi connectivity index (χ4v) is 3.69. The average molecular weight is 382 g/mol. The van der Waals surface area contributed by atoms with E-state index in [1.165, 1.54) is 31.2 Å². The van der Waals surface area contributed by atoms with Crippen molar-refractivity contribution in [2.45, 2.75) is 31.9 Å². The number of nitrogens with zero attached hydrogens (tertiary/aromatic N) is 1. The zero-order valence-electron chi connectivity index (χ0n) is 15.3. The number of carbonyl (C=O) groups excluding carboxylic acids is 3. The van der Waals surface area contributed by atoms with Gasteiger partial charge in [0.2, 0.25) is 11.7 Å². The summed E-state index contributed by atoms with van der Waals surface area (Å²) in [5.74, 6) is -1.60. The van der Waals surface area contributed by atoms with Crippen LogP contribution in [0.1, 0.15) is 40.5 Å². The van der Waals surface area contributed by atoms with Gasteiger partial charge in [-0.15, -0.1) is 0 Å².